The molecule has 0 spiro atoms. The minimum absolute atomic E-state index is 0.114. The van der Waals surface area contributed by atoms with Gasteiger partial charge >= 0.3 is 0 Å². The number of nitrogens with one attached hydrogen (secondary N) is 1. The normalized spacial score (nSPS) is 12.8. The van der Waals surface area contributed by atoms with Crippen molar-refractivity contribution >= 4 is 27.7 Å². The smallest absolute Gasteiger partial charge is 0.277 e. The molecule has 1 atom stereocenters. The molecule has 0 saturated carbocycles. The molecule has 0 fully saturated rings. The summed E-state index contributed by atoms with van der Waals surface area (Å²) in [6.07, 6.45) is 4.79. The summed E-state index contributed by atoms with van der Waals surface area (Å²) >= 11 is 3.24. The zero-order chi connectivity index (χ0) is 13.5. The van der Waals surface area contributed by atoms with E-state index in [4.69, 9.17) is 0 Å². The van der Waals surface area contributed by atoms with Gasteiger partial charge in [-0.1, -0.05) is 35.0 Å². The first kappa shape index (κ1) is 14.9. The Morgan fingerprint density at radius 3 is 2.89 bits per heavy atom. The minimum Gasteiger partial charge on any atom is -0.311 e. The molecule has 1 aromatic rings. The van der Waals surface area contributed by atoms with Gasteiger partial charge in [0.15, 0.2) is 0 Å². The van der Waals surface area contributed by atoms with Crippen molar-refractivity contribution < 1.29 is 4.92 Å². The molecular weight excluding hydrogens is 296 g/mol. The molecule has 1 rings (SSSR count). The topological polar surface area (TPSA) is 55.2 Å². The van der Waals surface area contributed by atoms with Crippen LogP contribution in [0.1, 0.15) is 25.8 Å². The second-order valence-corrected chi connectivity index (χ2v) is 4.98. The summed E-state index contributed by atoms with van der Waals surface area (Å²) in [7, 11) is 0. The zero-order valence-corrected chi connectivity index (χ0v) is 12.1. The van der Waals surface area contributed by atoms with Crippen LogP contribution in [0.2, 0.25) is 0 Å². The second kappa shape index (κ2) is 7.28. The standard InChI is InChI=1S/C13H17BrN2O2/c1-3-8-15-10(2)4-5-11-6-7-12(14)9-13(11)16(17)18/h4-7,9-10,15H,3,8H2,1-2H3/b5-4+. The average molecular weight is 313 g/mol. The molecule has 0 bridgehead atoms. The Hall–Kier alpha value is -1.20. The van der Waals surface area contributed by atoms with E-state index >= 15 is 0 Å². The zero-order valence-electron chi connectivity index (χ0n) is 10.5. The van der Waals surface area contributed by atoms with Crippen LogP contribution in [0.5, 0.6) is 0 Å². The Bertz CT molecular complexity index is 447. The van der Waals surface area contributed by atoms with Crippen molar-refractivity contribution in [2.24, 2.45) is 0 Å². The van der Waals surface area contributed by atoms with E-state index in [-0.39, 0.29) is 16.7 Å². The second-order valence-electron chi connectivity index (χ2n) is 4.06. The van der Waals surface area contributed by atoms with Crippen molar-refractivity contribution in [3.63, 3.8) is 0 Å². The van der Waals surface area contributed by atoms with Crippen LogP contribution in [-0.2, 0) is 0 Å². The van der Waals surface area contributed by atoms with Gasteiger partial charge < -0.3 is 5.32 Å². The van der Waals surface area contributed by atoms with Crippen LogP contribution in [0.4, 0.5) is 5.69 Å². The number of nitrogens with zero attached hydrogens (tertiary/aromatic N) is 1. The first-order valence-electron chi connectivity index (χ1n) is 5.90. The first-order valence-corrected chi connectivity index (χ1v) is 6.69. The summed E-state index contributed by atoms with van der Waals surface area (Å²) in [6, 6.07) is 5.26. The fourth-order valence-corrected chi connectivity index (χ4v) is 1.85. The summed E-state index contributed by atoms with van der Waals surface area (Å²) in [5, 5.41) is 14.2. The highest BCUT2D eigenvalue weighted by molar-refractivity contribution is 9.10. The molecule has 0 aliphatic heterocycles. The molecule has 0 amide bonds. The lowest BCUT2D eigenvalue weighted by Crippen LogP contribution is -2.24. The number of nitro benzene ring substituents is 1. The van der Waals surface area contributed by atoms with Crippen LogP contribution in [0, 0.1) is 10.1 Å². The summed E-state index contributed by atoms with van der Waals surface area (Å²) < 4.78 is 0.712. The van der Waals surface area contributed by atoms with Crippen molar-refractivity contribution in [3.8, 4) is 0 Å². The Labute approximate surface area is 115 Å². The average Bonchev–Trinajstić information content (AvgIpc) is 2.34. The maximum atomic E-state index is 10.9. The number of nitro groups is 1. The third kappa shape index (κ3) is 4.58. The Kier molecular flexibility index (Phi) is 6.01. The maximum absolute atomic E-state index is 10.9. The van der Waals surface area contributed by atoms with Crippen LogP contribution in [0.25, 0.3) is 6.08 Å². The third-order valence-electron chi connectivity index (χ3n) is 2.47. The van der Waals surface area contributed by atoms with Gasteiger partial charge in [0.1, 0.15) is 0 Å². The quantitative estimate of drug-likeness (QED) is 0.642. The fourth-order valence-electron chi connectivity index (χ4n) is 1.50. The molecule has 0 aliphatic carbocycles. The molecule has 5 heteroatoms. The van der Waals surface area contributed by atoms with E-state index in [9.17, 15) is 10.1 Å². The largest absolute Gasteiger partial charge is 0.311 e. The van der Waals surface area contributed by atoms with Crippen molar-refractivity contribution in [1.29, 1.82) is 0 Å². The number of hydrogen-bond acceptors (Lipinski definition) is 3. The molecule has 0 saturated heterocycles. The van der Waals surface area contributed by atoms with Gasteiger partial charge in [0.25, 0.3) is 5.69 Å². The van der Waals surface area contributed by atoms with Crippen LogP contribution in [0.3, 0.4) is 0 Å². The van der Waals surface area contributed by atoms with Crippen molar-refractivity contribution in [2.45, 2.75) is 26.3 Å². The van der Waals surface area contributed by atoms with Gasteiger partial charge in [0.05, 0.1) is 10.5 Å². The van der Waals surface area contributed by atoms with Gasteiger partial charge in [0.2, 0.25) is 0 Å². The summed E-state index contributed by atoms with van der Waals surface area (Å²) in [6.45, 7) is 5.06. The van der Waals surface area contributed by atoms with Gasteiger partial charge in [-0.3, -0.25) is 10.1 Å². The van der Waals surface area contributed by atoms with Crippen molar-refractivity contribution in [1.82, 2.24) is 5.32 Å². The lowest BCUT2D eigenvalue weighted by Gasteiger charge is -2.07. The molecule has 18 heavy (non-hydrogen) atoms. The minimum atomic E-state index is -0.366. The molecule has 98 valence electrons. The molecule has 1 unspecified atom stereocenters. The molecule has 0 aliphatic rings. The van der Waals surface area contributed by atoms with Crippen molar-refractivity contribution in [2.75, 3.05) is 6.54 Å². The molecular formula is C13H17BrN2O2. The van der Waals surface area contributed by atoms with Crippen LogP contribution >= 0.6 is 15.9 Å². The van der Waals surface area contributed by atoms with E-state index in [0.717, 1.165) is 13.0 Å². The highest BCUT2D eigenvalue weighted by atomic mass is 79.9. The van der Waals surface area contributed by atoms with Crippen LogP contribution in [-0.4, -0.2) is 17.5 Å². The predicted octanol–water partition coefficient (Wildman–Crippen LogP) is 3.76. The number of benzene rings is 1. The maximum Gasteiger partial charge on any atom is 0.277 e. The Balaban J connectivity index is 2.83. The van der Waals surface area contributed by atoms with Gasteiger partial charge in [0, 0.05) is 16.6 Å². The highest BCUT2D eigenvalue weighted by Gasteiger charge is 2.11. The summed E-state index contributed by atoms with van der Waals surface area (Å²) in [5.74, 6) is 0. The van der Waals surface area contributed by atoms with E-state index < -0.39 is 0 Å². The van der Waals surface area contributed by atoms with Gasteiger partial charge in [-0.25, -0.2) is 0 Å². The third-order valence-corrected chi connectivity index (χ3v) is 2.96. The van der Waals surface area contributed by atoms with E-state index in [0.29, 0.717) is 10.0 Å². The summed E-state index contributed by atoms with van der Waals surface area (Å²) in [4.78, 5) is 10.6. The predicted molar refractivity (Wildman–Crippen MR) is 77.6 cm³/mol. The van der Waals surface area contributed by atoms with E-state index in [1.54, 1.807) is 18.2 Å². The van der Waals surface area contributed by atoms with E-state index in [1.807, 2.05) is 13.0 Å². The number of rotatable bonds is 6. The molecule has 0 heterocycles. The van der Waals surface area contributed by atoms with Crippen LogP contribution < -0.4 is 5.32 Å². The Morgan fingerprint density at radius 2 is 2.28 bits per heavy atom. The first-order chi connectivity index (χ1) is 8.54. The highest BCUT2D eigenvalue weighted by Crippen LogP contribution is 2.24. The monoisotopic (exact) mass is 312 g/mol. The lowest BCUT2D eigenvalue weighted by atomic mass is 10.1. The summed E-state index contributed by atoms with van der Waals surface area (Å²) in [5.41, 5.74) is 0.733. The Morgan fingerprint density at radius 1 is 1.56 bits per heavy atom. The molecule has 0 radical (unpaired) electrons. The number of hydrogen-bond donors (Lipinski definition) is 1. The lowest BCUT2D eigenvalue weighted by molar-refractivity contribution is -0.385. The van der Waals surface area contributed by atoms with Crippen LogP contribution in [0.15, 0.2) is 28.7 Å². The van der Waals surface area contributed by atoms with Crippen molar-refractivity contribution in [3.05, 3.63) is 44.4 Å². The number of halogens is 1. The molecule has 4 nitrogen and oxygen atoms in total. The van der Waals surface area contributed by atoms with Gasteiger partial charge in [-0.05, 0) is 32.0 Å². The van der Waals surface area contributed by atoms with E-state index in [2.05, 4.69) is 28.2 Å². The molecule has 0 aromatic heterocycles. The fraction of sp³-hybridized carbons (Fsp3) is 0.385. The SMILES string of the molecule is CCCNC(C)/C=C/c1ccc(Br)cc1[N+](=O)[O-]. The molecule has 1 N–H and O–H groups in total. The van der Waals surface area contributed by atoms with E-state index in [1.165, 1.54) is 6.07 Å². The molecule has 1 aromatic carbocycles. The van der Waals surface area contributed by atoms with Gasteiger partial charge in [-0.15, -0.1) is 0 Å². The van der Waals surface area contributed by atoms with Gasteiger partial charge in [-0.2, -0.15) is 0 Å².